The van der Waals surface area contributed by atoms with Gasteiger partial charge in [0, 0.05) is 17.3 Å². The van der Waals surface area contributed by atoms with Gasteiger partial charge in [0.25, 0.3) is 0 Å². The largest absolute Gasteiger partial charge is 0.349 e. The first-order valence-corrected chi connectivity index (χ1v) is 7.83. The maximum absolute atomic E-state index is 12.3. The van der Waals surface area contributed by atoms with Gasteiger partial charge in [-0.05, 0) is 13.3 Å². The fourth-order valence-electron chi connectivity index (χ4n) is 2.26. The predicted molar refractivity (Wildman–Crippen MR) is 88.5 cm³/mol. The van der Waals surface area contributed by atoms with Gasteiger partial charge in [-0.25, -0.2) is 0 Å². The molecular formula is C16H29NO3S. The van der Waals surface area contributed by atoms with Gasteiger partial charge in [-0.2, -0.15) is 12.6 Å². The minimum atomic E-state index is -0.864. The van der Waals surface area contributed by atoms with Gasteiger partial charge in [-0.3, -0.25) is 14.4 Å². The molecule has 0 aliphatic carbocycles. The highest BCUT2D eigenvalue weighted by Crippen LogP contribution is 2.34. The lowest BCUT2D eigenvalue weighted by Gasteiger charge is -2.33. The molecule has 21 heavy (non-hydrogen) atoms. The first kappa shape index (κ1) is 20.2. The van der Waals surface area contributed by atoms with Crippen LogP contribution >= 0.6 is 12.6 Å². The summed E-state index contributed by atoms with van der Waals surface area (Å²) in [6, 6.07) is 0. The zero-order chi connectivity index (χ0) is 17.0. The summed E-state index contributed by atoms with van der Waals surface area (Å²) in [5, 5.41) is 2.66. The molecule has 0 aliphatic rings. The SMILES string of the molecule is CC(C)C(=O)CNC(=O)C(C)(C)CC(C)(S)C(=O)C(C)C. The molecule has 0 fully saturated rings. The molecule has 4 nitrogen and oxygen atoms in total. The lowest BCUT2D eigenvalue weighted by atomic mass is 9.78. The summed E-state index contributed by atoms with van der Waals surface area (Å²) in [6.07, 6.45) is 0.321. The van der Waals surface area contributed by atoms with Crippen molar-refractivity contribution in [3.05, 3.63) is 0 Å². The summed E-state index contributed by atoms with van der Waals surface area (Å²) in [7, 11) is 0. The summed E-state index contributed by atoms with van der Waals surface area (Å²) in [5.74, 6) is -0.454. The van der Waals surface area contributed by atoms with E-state index in [-0.39, 0.29) is 35.9 Å². The van der Waals surface area contributed by atoms with Gasteiger partial charge in [0.05, 0.1) is 11.3 Å². The van der Waals surface area contributed by atoms with Crippen LogP contribution in [0.5, 0.6) is 0 Å². The third-order valence-electron chi connectivity index (χ3n) is 3.52. The summed E-state index contributed by atoms with van der Waals surface area (Å²) in [5.41, 5.74) is -0.766. The Morgan fingerprint density at radius 3 is 1.86 bits per heavy atom. The number of hydrogen-bond acceptors (Lipinski definition) is 4. The normalized spacial score (nSPS) is 15.0. The van der Waals surface area contributed by atoms with Crippen molar-refractivity contribution in [3.8, 4) is 0 Å². The number of nitrogens with one attached hydrogen (secondary N) is 1. The van der Waals surface area contributed by atoms with Crippen LogP contribution in [0.1, 0.15) is 54.9 Å². The number of rotatable bonds is 8. The molecule has 0 aromatic heterocycles. The number of Topliss-reactive ketones (excluding diaryl/α,β-unsaturated/α-hetero) is 2. The average Bonchev–Trinajstić information content (AvgIpc) is 2.32. The fraction of sp³-hybridized carbons (Fsp3) is 0.812. The van der Waals surface area contributed by atoms with Crippen molar-refractivity contribution in [1.82, 2.24) is 5.32 Å². The maximum atomic E-state index is 12.3. The maximum Gasteiger partial charge on any atom is 0.226 e. The van der Waals surface area contributed by atoms with E-state index in [1.54, 1.807) is 34.6 Å². The topological polar surface area (TPSA) is 63.2 Å². The first-order valence-electron chi connectivity index (χ1n) is 7.39. The second-order valence-electron chi connectivity index (χ2n) is 7.16. The summed E-state index contributed by atoms with van der Waals surface area (Å²) >= 11 is 4.45. The molecule has 5 heteroatoms. The number of carbonyl (C=O) groups is 3. The Bertz CT molecular complexity index is 412. The molecule has 1 amide bonds. The van der Waals surface area contributed by atoms with Crippen molar-refractivity contribution < 1.29 is 14.4 Å². The molecule has 0 rings (SSSR count). The standard InChI is InChI=1S/C16H29NO3S/c1-10(2)12(18)8-17-14(20)15(5,6)9-16(7,21)13(19)11(3)4/h10-11,21H,8-9H2,1-7H3,(H,17,20). The first-order chi connectivity index (χ1) is 9.31. The van der Waals surface area contributed by atoms with Crippen LogP contribution in [0.4, 0.5) is 0 Å². The van der Waals surface area contributed by atoms with Gasteiger partial charge in [0.1, 0.15) is 0 Å². The highest BCUT2D eigenvalue weighted by molar-refractivity contribution is 7.82. The summed E-state index contributed by atoms with van der Waals surface area (Å²) in [6.45, 7) is 12.6. The average molecular weight is 315 g/mol. The van der Waals surface area contributed by atoms with Crippen LogP contribution in [0.2, 0.25) is 0 Å². The third kappa shape index (κ3) is 6.20. The zero-order valence-corrected chi connectivity index (χ0v) is 15.1. The van der Waals surface area contributed by atoms with E-state index in [4.69, 9.17) is 0 Å². The van der Waals surface area contributed by atoms with Crippen LogP contribution in [0.3, 0.4) is 0 Å². The van der Waals surface area contributed by atoms with Gasteiger partial charge in [-0.1, -0.05) is 41.5 Å². The summed E-state index contributed by atoms with van der Waals surface area (Å²) in [4.78, 5) is 36.0. The van der Waals surface area contributed by atoms with Crippen LogP contribution in [-0.2, 0) is 14.4 Å². The highest BCUT2D eigenvalue weighted by atomic mass is 32.1. The lowest BCUT2D eigenvalue weighted by molar-refractivity contribution is -0.133. The quantitative estimate of drug-likeness (QED) is 0.677. The Balaban J connectivity index is 4.78. The van der Waals surface area contributed by atoms with Gasteiger partial charge < -0.3 is 5.32 Å². The van der Waals surface area contributed by atoms with E-state index in [0.29, 0.717) is 6.42 Å². The van der Waals surface area contributed by atoms with E-state index in [1.807, 2.05) is 13.8 Å². The Morgan fingerprint density at radius 2 is 1.48 bits per heavy atom. The number of carbonyl (C=O) groups excluding carboxylic acids is 3. The molecule has 122 valence electrons. The molecule has 0 spiro atoms. The molecule has 0 bridgehead atoms. The van der Waals surface area contributed by atoms with Crippen molar-refractivity contribution in [2.75, 3.05) is 6.54 Å². The van der Waals surface area contributed by atoms with E-state index in [2.05, 4.69) is 17.9 Å². The fourth-order valence-corrected chi connectivity index (χ4v) is 2.91. The van der Waals surface area contributed by atoms with Gasteiger partial charge in [0.2, 0.25) is 5.91 Å². The number of amides is 1. The second kappa shape index (κ2) is 7.43. The van der Waals surface area contributed by atoms with E-state index in [1.165, 1.54) is 0 Å². The number of thiol groups is 1. The van der Waals surface area contributed by atoms with Crippen LogP contribution in [0.15, 0.2) is 0 Å². The Labute approximate surface area is 133 Å². The molecule has 0 aromatic carbocycles. The Kier molecular flexibility index (Phi) is 7.13. The van der Waals surface area contributed by atoms with E-state index in [0.717, 1.165) is 0 Å². The van der Waals surface area contributed by atoms with Gasteiger partial charge in [-0.15, -0.1) is 0 Å². The predicted octanol–water partition coefficient (Wildman–Crippen LogP) is 2.66. The minimum Gasteiger partial charge on any atom is -0.349 e. The number of hydrogen-bond donors (Lipinski definition) is 2. The van der Waals surface area contributed by atoms with Crippen LogP contribution in [0.25, 0.3) is 0 Å². The molecule has 0 saturated heterocycles. The molecule has 1 atom stereocenters. The second-order valence-corrected chi connectivity index (χ2v) is 8.14. The molecular weight excluding hydrogens is 286 g/mol. The van der Waals surface area contributed by atoms with Gasteiger partial charge in [0.15, 0.2) is 11.6 Å². The van der Waals surface area contributed by atoms with E-state index < -0.39 is 10.2 Å². The molecule has 0 aliphatic heterocycles. The lowest BCUT2D eigenvalue weighted by Crippen LogP contribution is -2.45. The van der Waals surface area contributed by atoms with Crippen LogP contribution in [0, 0.1) is 17.3 Å². The molecule has 0 aromatic rings. The minimum absolute atomic E-state index is 0.00829. The molecule has 0 radical (unpaired) electrons. The van der Waals surface area contributed by atoms with Crippen molar-refractivity contribution in [2.45, 2.75) is 59.6 Å². The highest BCUT2D eigenvalue weighted by Gasteiger charge is 2.40. The van der Waals surface area contributed by atoms with Crippen molar-refractivity contribution in [1.29, 1.82) is 0 Å². The van der Waals surface area contributed by atoms with Crippen LogP contribution < -0.4 is 5.32 Å². The van der Waals surface area contributed by atoms with Crippen molar-refractivity contribution in [2.24, 2.45) is 17.3 Å². The van der Waals surface area contributed by atoms with E-state index in [9.17, 15) is 14.4 Å². The monoisotopic (exact) mass is 315 g/mol. The third-order valence-corrected chi connectivity index (χ3v) is 3.90. The van der Waals surface area contributed by atoms with Crippen LogP contribution in [-0.4, -0.2) is 28.8 Å². The van der Waals surface area contributed by atoms with Gasteiger partial charge >= 0.3 is 0 Å². The Morgan fingerprint density at radius 1 is 1.00 bits per heavy atom. The van der Waals surface area contributed by atoms with Crippen molar-refractivity contribution >= 4 is 30.1 Å². The zero-order valence-electron chi connectivity index (χ0n) is 14.2. The van der Waals surface area contributed by atoms with Crippen molar-refractivity contribution in [3.63, 3.8) is 0 Å². The summed E-state index contributed by atoms with van der Waals surface area (Å²) < 4.78 is -0.864. The molecule has 0 heterocycles. The molecule has 0 saturated carbocycles. The molecule has 1 unspecified atom stereocenters. The Hall–Kier alpha value is -0.840. The molecule has 1 N–H and O–H groups in total. The smallest absolute Gasteiger partial charge is 0.226 e. The van der Waals surface area contributed by atoms with E-state index >= 15 is 0 Å². The number of ketones is 2.